The summed E-state index contributed by atoms with van der Waals surface area (Å²) in [6.07, 6.45) is 6.69. The summed E-state index contributed by atoms with van der Waals surface area (Å²) in [6.45, 7) is 2.34. The Labute approximate surface area is 183 Å². The van der Waals surface area contributed by atoms with Gasteiger partial charge < -0.3 is 24.4 Å². The van der Waals surface area contributed by atoms with Crippen LogP contribution in [-0.4, -0.2) is 62.6 Å². The number of hydrogen-bond acceptors (Lipinski definition) is 6. The molecule has 1 aromatic rings. The van der Waals surface area contributed by atoms with Gasteiger partial charge in [0.1, 0.15) is 6.04 Å². The first kappa shape index (κ1) is 24.2. The van der Waals surface area contributed by atoms with E-state index in [-0.39, 0.29) is 24.4 Å². The predicted molar refractivity (Wildman–Crippen MR) is 117 cm³/mol. The third-order valence-electron chi connectivity index (χ3n) is 5.26. The Kier molecular flexibility index (Phi) is 9.37. The van der Waals surface area contributed by atoms with E-state index in [1.807, 2.05) is 0 Å². The quantitative estimate of drug-likeness (QED) is 0.347. The maximum absolute atomic E-state index is 12.8. The van der Waals surface area contributed by atoms with E-state index in [4.69, 9.17) is 14.2 Å². The van der Waals surface area contributed by atoms with Crippen LogP contribution in [0.15, 0.2) is 24.3 Å². The molecule has 1 heterocycles. The predicted octanol–water partition coefficient (Wildman–Crippen LogP) is 2.56. The van der Waals surface area contributed by atoms with Gasteiger partial charge in [0.2, 0.25) is 11.8 Å². The molecule has 2 rings (SSSR count). The van der Waals surface area contributed by atoms with Crippen LogP contribution in [0, 0.1) is 0 Å². The van der Waals surface area contributed by atoms with Gasteiger partial charge in [0.05, 0.1) is 21.3 Å². The molecule has 1 saturated heterocycles. The van der Waals surface area contributed by atoms with Gasteiger partial charge in [-0.1, -0.05) is 25.8 Å². The normalized spacial score (nSPS) is 18.1. The Bertz CT molecular complexity index is 807. The number of unbranched alkanes of at least 4 members (excludes halogenated alkanes) is 2. The van der Waals surface area contributed by atoms with Crippen molar-refractivity contribution in [3.63, 3.8) is 0 Å². The molecule has 2 amide bonds. The Morgan fingerprint density at radius 1 is 1.13 bits per heavy atom. The Hall–Kier alpha value is -3.03. The molecule has 1 N–H and O–H groups in total. The van der Waals surface area contributed by atoms with Crippen LogP contribution in [0.5, 0.6) is 11.5 Å². The summed E-state index contributed by atoms with van der Waals surface area (Å²) in [6, 6.07) is 4.29. The summed E-state index contributed by atoms with van der Waals surface area (Å²) in [4.78, 5) is 38.6. The van der Waals surface area contributed by atoms with Gasteiger partial charge in [-0.25, -0.2) is 4.79 Å². The molecule has 0 bridgehead atoms. The van der Waals surface area contributed by atoms with Gasteiger partial charge in [-0.15, -0.1) is 0 Å². The van der Waals surface area contributed by atoms with Crippen molar-refractivity contribution in [2.45, 2.75) is 51.1 Å². The lowest BCUT2D eigenvalue weighted by atomic mass is 10.1. The standard InChI is InChI=1S/C23H32N2O6/c1-5-6-7-8-21(26)24-17-14-18(23(28)31-4)25(15-17)22(27)12-10-16-9-11-19(29-2)20(13-16)30-3/h9-13,17-18H,5-8,14-15H2,1-4H3,(H,24,26)/b12-10+/t17-,18-/m0/s1. The van der Waals surface area contributed by atoms with Crippen LogP contribution in [0.25, 0.3) is 6.08 Å². The number of methoxy groups -OCH3 is 3. The van der Waals surface area contributed by atoms with E-state index in [0.29, 0.717) is 24.3 Å². The summed E-state index contributed by atoms with van der Waals surface area (Å²) in [7, 11) is 4.38. The SMILES string of the molecule is CCCCCC(=O)N[C@H]1C[C@@H](C(=O)OC)N(C(=O)/C=C/c2ccc(OC)c(OC)c2)C1. The number of hydrogen-bond donors (Lipinski definition) is 1. The van der Waals surface area contributed by atoms with Crippen molar-refractivity contribution in [1.82, 2.24) is 10.2 Å². The molecule has 8 heteroatoms. The van der Waals surface area contributed by atoms with Gasteiger partial charge in [0.15, 0.2) is 11.5 Å². The lowest BCUT2D eigenvalue weighted by Crippen LogP contribution is -2.41. The maximum Gasteiger partial charge on any atom is 0.328 e. The first-order valence-electron chi connectivity index (χ1n) is 10.5. The van der Waals surface area contributed by atoms with Gasteiger partial charge in [-0.05, 0) is 30.2 Å². The summed E-state index contributed by atoms with van der Waals surface area (Å²) >= 11 is 0. The van der Waals surface area contributed by atoms with Crippen LogP contribution in [0.4, 0.5) is 0 Å². The molecule has 0 radical (unpaired) electrons. The highest BCUT2D eigenvalue weighted by Gasteiger charge is 2.40. The zero-order chi connectivity index (χ0) is 22.8. The first-order chi connectivity index (χ1) is 14.9. The summed E-state index contributed by atoms with van der Waals surface area (Å²) < 4.78 is 15.4. The molecule has 1 aliphatic rings. The van der Waals surface area contributed by atoms with Gasteiger partial charge >= 0.3 is 5.97 Å². The van der Waals surface area contributed by atoms with E-state index in [9.17, 15) is 14.4 Å². The number of benzene rings is 1. The minimum absolute atomic E-state index is 0.0581. The monoisotopic (exact) mass is 432 g/mol. The van der Waals surface area contributed by atoms with E-state index in [1.165, 1.54) is 18.1 Å². The number of ether oxygens (including phenoxy) is 3. The molecule has 0 aromatic heterocycles. The van der Waals surface area contributed by atoms with Crippen molar-refractivity contribution >= 4 is 23.9 Å². The molecule has 1 aliphatic heterocycles. The molecule has 0 spiro atoms. The number of carbonyl (C=O) groups excluding carboxylic acids is 3. The molecule has 1 aromatic carbocycles. The third-order valence-corrected chi connectivity index (χ3v) is 5.26. The molecule has 0 unspecified atom stereocenters. The van der Waals surface area contributed by atoms with E-state index in [0.717, 1.165) is 24.8 Å². The van der Waals surface area contributed by atoms with Crippen LogP contribution < -0.4 is 14.8 Å². The van der Waals surface area contributed by atoms with Gasteiger partial charge in [-0.2, -0.15) is 0 Å². The Morgan fingerprint density at radius 3 is 2.52 bits per heavy atom. The number of amides is 2. The molecule has 170 valence electrons. The minimum Gasteiger partial charge on any atom is -0.493 e. The summed E-state index contributed by atoms with van der Waals surface area (Å²) in [5, 5.41) is 2.94. The lowest BCUT2D eigenvalue weighted by Gasteiger charge is -2.20. The van der Waals surface area contributed by atoms with Crippen molar-refractivity contribution in [1.29, 1.82) is 0 Å². The molecule has 0 saturated carbocycles. The number of nitrogens with zero attached hydrogens (tertiary/aromatic N) is 1. The van der Waals surface area contributed by atoms with E-state index in [2.05, 4.69) is 12.2 Å². The fraction of sp³-hybridized carbons (Fsp3) is 0.522. The second kappa shape index (κ2) is 12.0. The number of likely N-dealkylation sites (tertiary alicyclic amines) is 1. The number of carbonyl (C=O) groups is 3. The van der Waals surface area contributed by atoms with Crippen molar-refractivity contribution < 1.29 is 28.6 Å². The van der Waals surface area contributed by atoms with Crippen LogP contribution in [0.2, 0.25) is 0 Å². The van der Waals surface area contributed by atoms with Gasteiger partial charge in [0, 0.05) is 31.5 Å². The highest BCUT2D eigenvalue weighted by Crippen LogP contribution is 2.28. The van der Waals surface area contributed by atoms with Crippen molar-refractivity contribution in [2.24, 2.45) is 0 Å². The van der Waals surface area contributed by atoms with Crippen molar-refractivity contribution in [3.8, 4) is 11.5 Å². The smallest absolute Gasteiger partial charge is 0.328 e. The summed E-state index contributed by atoms with van der Waals surface area (Å²) in [5.41, 5.74) is 0.751. The molecule has 8 nitrogen and oxygen atoms in total. The molecule has 2 atom stereocenters. The fourth-order valence-electron chi connectivity index (χ4n) is 3.60. The molecular weight excluding hydrogens is 400 g/mol. The zero-order valence-electron chi connectivity index (χ0n) is 18.7. The third kappa shape index (κ3) is 6.73. The zero-order valence-corrected chi connectivity index (χ0v) is 18.7. The van der Waals surface area contributed by atoms with E-state index < -0.39 is 12.0 Å². The molecule has 0 aliphatic carbocycles. The average molecular weight is 433 g/mol. The van der Waals surface area contributed by atoms with Crippen LogP contribution >= 0.6 is 0 Å². The molecule has 1 fully saturated rings. The Balaban J connectivity index is 2.07. The minimum atomic E-state index is -0.728. The second-order valence-corrected chi connectivity index (χ2v) is 7.43. The topological polar surface area (TPSA) is 94.2 Å². The molecule has 31 heavy (non-hydrogen) atoms. The van der Waals surface area contributed by atoms with E-state index in [1.54, 1.807) is 38.5 Å². The number of esters is 1. The highest BCUT2D eigenvalue weighted by atomic mass is 16.5. The fourth-order valence-corrected chi connectivity index (χ4v) is 3.60. The lowest BCUT2D eigenvalue weighted by molar-refractivity contribution is -0.149. The highest BCUT2D eigenvalue weighted by molar-refractivity contribution is 5.95. The second-order valence-electron chi connectivity index (χ2n) is 7.43. The van der Waals surface area contributed by atoms with E-state index >= 15 is 0 Å². The van der Waals surface area contributed by atoms with Crippen LogP contribution in [-0.2, 0) is 19.1 Å². The Morgan fingerprint density at radius 2 is 1.87 bits per heavy atom. The van der Waals surface area contributed by atoms with Crippen LogP contribution in [0.3, 0.4) is 0 Å². The maximum atomic E-state index is 12.8. The largest absolute Gasteiger partial charge is 0.493 e. The number of nitrogens with one attached hydrogen (secondary N) is 1. The van der Waals surface area contributed by atoms with Crippen LogP contribution in [0.1, 0.15) is 44.6 Å². The van der Waals surface area contributed by atoms with Gasteiger partial charge in [0.25, 0.3) is 0 Å². The summed E-state index contributed by atoms with van der Waals surface area (Å²) in [5.74, 6) is 0.270. The van der Waals surface area contributed by atoms with Gasteiger partial charge in [-0.3, -0.25) is 9.59 Å². The van der Waals surface area contributed by atoms with Crippen molar-refractivity contribution in [3.05, 3.63) is 29.8 Å². The van der Waals surface area contributed by atoms with Crippen molar-refractivity contribution in [2.75, 3.05) is 27.9 Å². The number of rotatable bonds is 10. The molecular formula is C23H32N2O6. The first-order valence-corrected chi connectivity index (χ1v) is 10.5. The average Bonchev–Trinajstić information content (AvgIpc) is 3.20.